The molecule has 1 aromatic heterocycles. The Morgan fingerprint density at radius 1 is 1.16 bits per heavy atom. The van der Waals surface area contributed by atoms with Gasteiger partial charge in [0.15, 0.2) is 0 Å². The van der Waals surface area contributed by atoms with Gasteiger partial charge in [0.25, 0.3) is 0 Å². The molecule has 2 aromatic rings. The Kier molecular flexibility index (Phi) is 2.56. The number of hydrogen-bond acceptors (Lipinski definition) is 5. The lowest BCUT2D eigenvalue weighted by Crippen LogP contribution is -2.26. The van der Waals surface area contributed by atoms with Gasteiger partial charge in [-0.15, -0.1) is 0 Å². The monoisotopic (exact) mass is 255 g/mol. The van der Waals surface area contributed by atoms with Crippen LogP contribution in [0, 0.1) is 0 Å². The number of benzene rings is 1. The highest BCUT2D eigenvalue weighted by molar-refractivity contribution is 5.95. The van der Waals surface area contributed by atoms with Crippen molar-refractivity contribution in [1.82, 2.24) is 9.97 Å². The van der Waals surface area contributed by atoms with Crippen molar-refractivity contribution in [1.29, 1.82) is 0 Å². The van der Waals surface area contributed by atoms with Crippen molar-refractivity contribution in [2.75, 3.05) is 16.8 Å². The molecule has 0 radical (unpaired) electrons. The predicted octanol–water partition coefficient (Wildman–Crippen LogP) is 1.12. The second-order valence-corrected chi connectivity index (χ2v) is 4.44. The van der Waals surface area contributed by atoms with E-state index >= 15 is 0 Å². The van der Waals surface area contributed by atoms with Crippen LogP contribution >= 0.6 is 0 Å². The summed E-state index contributed by atoms with van der Waals surface area (Å²) in [4.78, 5) is 19.8. The highest BCUT2D eigenvalue weighted by Gasteiger charge is 2.30. The summed E-state index contributed by atoms with van der Waals surface area (Å²) < 4.78 is 0. The normalized spacial score (nSPS) is 17.7. The van der Waals surface area contributed by atoms with Gasteiger partial charge in [-0.1, -0.05) is 30.3 Å². The van der Waals surface area contributed by atoms with Crippen LogP contribution in [0.15, 0.2) is 30.3 Å². The van der Waals surface area contributed by atoms with Gasteiger partial charge < -0.3 is 16.8 Å². The van der Waals surface area contributed by atoms with E-state index in [1.165, 1.54) is 0 Å². The molecule has 96 valence electrons. The summed E-state index contributed by atoms with van der Waals surface area (Å²) in [5.41, 5.74) is 13.2. The number of amides is 1. The van der Waals surface area contributed by atoms with Crippen molar-refractivity contribution >= 4 is 23.5 Å². The van der Waals surface area contributed by atoms with E-state index in [9.17, 15) is 4.79 Å². The lowest BCUT2D eigenvalue weighted by molar-refractivity contribution is -0.116. The molecule has 0 spiro atoms. The first-order chi connectivity index (χ1) is 9.15. The van der Waals surface area contributed by atoms with Crippen LogP contribution in [-0.4, -0.2) is 15.9 Å². The van der Waals surface area contributed by atoms with Gasteiger partial charge in [0.2, 0.25) is 11.9 Å². The van der Waals surface area contributed by atoms with Gasteiger partial charge in [0.05, 0.1) is 0 Å². The number of nitrogens with two attached hydrogens (primary N) is 2. The number of nitrogens with one attached hydrogen (secondary N) is 1. The predicted molar refractivity (Wildman–Crippen MR) is 72.4 cm³/mol. The minimum atomic E-state index is -0.134. The number of carbonyl (C=O) groups excluding carboxylic acids is 1. The molecule has 1 aliphatic heterocycles. The van der Waals surface area contributed by atoms with E-state index in [0.717, 1.165) is 11.1 Å². The summed E-state index contributed by atoms with van der Waals surface area (Å²) in [7, 11) is 0. The number of aromatic nitrogens is 2. The third kappa shape index (κ3) is 1.97. The maximum absolute atomic E-state index is 11.8. The Hall–Kier alpha value is -2.63. The van der Waals surface area contributed by atoms with Crippen LogP contribution in [0.4, 0.5) is 17.6 Å². The molecule has 0 saturated carbocycles. The van der Waals surface area contributed by atoms with E-state index in [1.807, 2.05) is 30.3 Å². The van der Waals surface area contributed by atoms with E-state index in [-0.39, 0.29) is 17.8 Å². The average Bonchev–Trinajstić information content (AvgIpc) is 2.38. The molecule has 1 amide bonds. The van der Waals surface area contributed by atoms with E-state index < -0.39 is 0 Å². The molecule has 0 bridgehead atoms. The second-order valence-electron chi connectivity index (χ2n) is 4.44. The number of nitrogens with zero attached hydrogens (tertiary/aromatic N) is 2. The molecular formula is C13H13N5O. The van der Waals surface area contributed by atoms with Crippen LogP contribution in [-0.2, 0) is 4.79 Å². The van der Waals surface area contributed by atoms with Gasteiger partial charge in [-0.2, -0.15) is 9.97 Å². The van der Waals surface area contributed by atoms with Crippen LogP contribution in [0.25, 0.3) is 0 Å². The van der Waals surface area contributed by atoms with Crippen molar-refractivity contribution in [3.05, 3.63) is 41.5 Å². The van der Waals surface area contributed by atoms with Gasteiger partial charge >= 0.3 is 0 Å². The number of rotatable bonds is 1. The molecule has 1 aromatic carbocycles. The number of carbonyl (C=O) groups is 1. The first-order valence-corrected chi connectivity index (χ1v) is 5.93. The van der Waals surface area contributed by atoms with Gasteiger partial charge in [-0.3, -0.25) is 4.79 Å². The van der Waals surface area contributed by atoms with Crippen LogP contribution in [0.3, 0.4) is 0 Å². The minimum absolute atomic E-state index is 0.0604. The van der Waals surface area contributed by atoms with E-state index in [4.69, 9.17) is 11.5 Å². The zero-order valence-corrected chi connectivity index (χ0v) is 10.1. The summed E-state index contributed by atoms with van der Waals surface area (Å²) in [6.45, 7) is 0. The van der Waals surface area contributed by atoms with Gasteiger partial charge in [0.1, 0.15) is 11.6 Å². The molecule has 1 aliphatic rings. The third-order valence-corrected chi connectivity index (χ3v) is 3.19. The van der Waals surface area contributed by atoms with E-state index in [0.29, 0.717) is 18.1 Å². The Morgan fingerprint density at radius 2 is 1.89 bits per heavy atom. The summed E-state index contributed by atoms with van der Waals surface area (Å²) >= 11 is 0. The number of anilines is 3. The summed E-state index contributed by atoms with van der Waals surface area (Å²) in [5.74, 6) is 0.557. The molecule has 0 aliphatic carbocycles. The lowest BCUT2D eigenvalue weighted by Gasteiger charge is -2.26. The molecule has 5 N–H and O–H groups in total. The SMILES string of the molecule is Nc1nc(N)c2c(n1)NC(=O)C[C@H]2c1ccccc1. The van der Waals surface area contributed by atoms with E-state index in [2.05, 4.69) is 15.3 Å². The first-order valence-electron chi connectivity index (χ1n) is 5.93. The Balaban J connectivity index is 2.17. The van der Waals surface area contributed by atoms with Crippen molar-refractivity contribution in [3.63, 3.8) is 0 Å². The molecule has 1 atom stereocenters. The first kappa shape index (κ1) is 11.5. The highest BCUT2D eigenvalue weighted by Crippen LogP contribution is 2.38. The standard InChI is InChI=1S/C13H13N5O/c14-11-10-8(7-4-2-1-3-5-7)6-9(19)16-12(10)18-13(15)17-11/h1-5,8H,6H2,(H5,14,15,16,17,18,19)/t8-/m0/s1. The fourth-order valence-electron chi connectivity index (χ4n) is 2.38. The molecule has 2 heterocycles. The molecule has 19 heavy (non-hydrogen) atoms. The zero-order chi connectivity index (χ0) is 13.4. The number of nitrogen functional groups attached to an aromatic ring is 2. The maximum atomic E-state index is 11.8. The van der Waals surface area contributed by atoms with Gasteiger partial charge in [0, 0.05) is 17.9 Å². The molecule has 0 saturated heterocycles. The molecule has 0 unspecified atom stereocenters. The number of fused-ring (bicyclic) bond motifs is 1. The maximum Gasteiger partial charge on any atom is 0.226 e. The summed E-state index contributed by atoms with van der Waals surface area (Å²) in [5, 5.41) is 2.69. The van der Waals surface area contributed by atoms with Crippen molar-refractivity contribution in [2.45, 2.75) is 12.3 Å². The Labute approximate surface area is 109 Å². The summed E-state index contributed by atoms with van der Waals surface area (Å²) in [6.07, 6.45) is 0.328. The fraction of sp³-hybridized carbons (Fsp3) is 0.154. The average molecular weight is 255 g/mol. The molecule has 0 fully saturated rings. The van der Waals surface area contributed by atoms with Crippen LogP contribution in [0.2, 0.25) is 0 Å². The van der Waals surface area contributed by atoms with Crippen LogP contribution < -0.4 is 16.8 Å². The van der Waals surface area contributed by atoms with Crippen molar-refractivity contribution in [3.8, 4) is 0 Å². The smallest absolute Gasteiger partial charge is 0.226 e. The molecular weight excluding hydrogens is 242 g/mol. The van der Waals surface area contributed by atoms with Crippen molar-refractivity contribution in [2.24, 2.45) is 0 Å². The number of hydrogen-bond donors (Lipinski definition) is 3. The van der Waals surface area contributed by atoms with Gasteiger partial charge in [-0.05, 0) is 5.56 Å². The fourth-order valence-corrected chi connectivity index (χ4v) is 2.38. The third-order valence-electron chi connectivity index (χ3n) is 3.19. The van der Waals surface area contributed by atoms with Crippen LogP contribution in [0.1, 0.15) is 23.5 Å². The zero-order valence-electron chi connectivity index (χ0n) is 10.1. The molecule has 6 nitrogen and oxygen atoms in total. The Bertz CT molecular complexity index is 641. The molecule has 6 heteroatoms. The summed E-state index contributed by atoms with van der Waals surface area (Å²) in [6, 6.07) is 9.70. The van der Waals surface area contributed by atoms with Gasteiger partial charge in [-0.25, -0.2) is 0 Å². The highest BCUT2D eigenvalue weighted by atomic mass is 16.1. The van der Waals surface area contributed by atoms with Crippen LogP contribution in [0.5, 0.6) is 0 Å². The van der Waals surface area contributed by atoms with E-state index in [1.54, 1.807) is 0 Å². The minimum Gasteiger partial charge on any atom is -0.383 e. The van der Waals surface area contributed by atoms with Crippen molar-refractivity contribution < 1.29 is 4.79 Å². The second kappa shape index (κ2) is 4.24. The molecule has 3 rings (SSSR count). The topological polar surface area (TPSA) is 107 Å². The quantitative estimate of drug-likeness (QED) is 0.707. The lowest BCUT2D eigenvalue weighted by atomic mass is 9.86. The Morgan fingerprint density at radius 3 is 2.63 bits per heavy atom. The largest absolute Gasteiger partial charge is 0.383 e.